The summed E-state index contributed by atoms with van der Waals surface area (Å²) >= 11 is 0. The van der Waals surface area contributed by atoms with Crippen molar-refractivity contribution in [1.29, 1.82) is 5.26 Å². The Hall–Kier alpha value is -1.84. The van der Waals surface area contributed by atoms with Crippen molar-refractivity contribution in [2.24, 2.45) is 5.92 Å². The molecule has 0 radical (unpaired) electrons. The van der Waals surface area contributed by atoms with Crippen LogP contribution in [0, 0.1) is 31.1 Å². The topological polar surface area (TPSA) is 87.3 Å². The molecule has 124 valence electrons. The summed E-state index contributed by atoms with van der Waals surface area (Å²) in [6.07, 6.45) is 3.53. The Bertz CT molecular complexity index is 657. The van der Waals surface area contributed by atoms with E-state index < -0.39 is 0 Å². The van der Waals surface area contributed by atoms with E-state index in [0.717, 1.165) is 18.6 Å². The number of hydrogen-bond donors (Lipinski definition) is 2. The molecule has 1 amide bonds. The lowest BCUT2D eigenvalue weighted by atomic mass is 9.90. The first-order valence-electron chi connectivity index (χ1n) is 8.11. The van der Waals surface area contributed by atoms with Gasteiger partial charge in [0, 0.05) is 17.7 Å². The van der Waals surface area contributed by atoms with Gasteiger partial charge in [-0.15, -0.1) is 0 Å². The summed E-state index contributed by atoms with van der Waals surface area (Å²) in [5.41, 5.74) is 0.994. The van der Waals surface area contributed by atoms with Crippen LogP contribution < -0.4 is 10.6 Å². The first-order chi connectivity index (χ1) is 10.9. The summed E-state index contributed by atoms with van der Waals surface area (Å²) in [6, 6.07) is 2.08. The van der Waals surface area contributed by atoms with Crippen LogP contribution in [0.5, 0.6) is 0 Å². The van der Waals surface area contributed by atoms with E-state index in [0.29, 0.717) is 17.2 Å². The summed E-state index contributed by atoms with van der Waals surface area (Å²) in [7, 11) is 0. The SMILES string of the molecule is Cc1oc(NC(=O)CNC2(C)CCOC2C2CC2)c(C#N)c1C. The van der Waals surface area contributed by atoms with Crippen molar-refractivity contribution in [2.45, 2.75) is 51.7 Å². The van der Waals surface area contributed by atoms with Crippen LogP contribution in [0.2, 0.25) is 0 Å². The number of rotatable bonds is 5. The van der Waals surface area contributed by atoms with Crippen molar-refractivity contribution in [3.63, 3.8) is 0 Å². The maximum absolute atomic E-state index is 12.2. The van der Waals surface area contributed by atoms with Crippen molar-refractivity contribution in [3.05, 3.63) is 16.9 Å². The molecule has 23 heavy (non-hydrogen) atoms. The smallest absolute Gasteiger partial charge is 0.240 e. The molecule has 1 aromatic rings. The number of furan rings is 1. The summed E-state index contributed by atoms with van der Waals surface area (Å²) in [5, 5.41) is 15.2. The molecule has 1 aliphatic carbocycles. The highest BCUT2D eigenvalue weighted by Crippen LogP contribution is 2.43. The first kappa shape index (κ1) is 16.0. The molecule has 2 fully saturated rings. The number of amides is 1. The normalized spacial score (nSPS) is 27.0. The van der Waals surface area contributed by atoms with Crippen LogP contribution in [-0.4, -0.2) is 30.7 Å². The first-order valence-corrected chi connectivity index (χ1v) is 8.11. The van der Waals surface area contributed by atoms with Gasteiger partial charge in [0.15, 0.2) is 0 Å². The molecule has 0 bridgehead atoms. The van der Waals surface area contributed by atoms with Crippen LogP contribution in [0.1, 0.15) is 43.1 Å². The molecule has 0 aromatic carbocycles. The van der Waals surface area contributed by atoms with Crippen LogP contribution in [0.4, 0.5) is 5.88 Å². The number of hydrogen-bond acceptors (Lipinski definition) is 5. The quantitative estimate of drug-likeness (QED) is 0.870. The molecule has 3 rings (SSSR count). The van der Waals surface area contributed by atoms with Gasteiger partial charge in [-0.05, 0) is 46.0 Å². The van der Waals surface area contributed by atoms with E-state index in [2.05, 4.69) is 23.6 Å². The summed E-state index contributed by atoms with van der Waals surface area (Å²) < 4.78 is 11.3. The number of carbonyl (C=O) groups is 1. The van der Waals surface area contributed by atoms with Gasteiger partial charge < -0.3 is 14.5 Å². The molecular weight excluding hydrogens is 294 g/mol. The second-order valence-electron chi connectivity index (χ2n) is 6.80. The van der Waals surface area contributed by atoms with Crippen LogP contribution in [0.25, 0.3) is 0 Å². The summed E-state index contributed by atoms with van der Waals surface area (Å²) in [6.45, 7) is 6.62. The maximum atomic E-state index is 12.2. The van der Waals surface area contributed by atoms with Crippen molar-refractivity contribution in [3.8, 4) is 6.07 Å². The molecule has 2 atom stereocenters. The minimum absolute atomic E-state index is 0.161. The molecule has 1 aromatic heterocycles. The third-order valence-corrected chi connectivity index (χ3v) is 5.00. The third-order valence-electron chi connectivity index (χ3n) is 5.00. The van der Waals surface area contributed by atoms with Crippen LogP contribution >= 0.6 is 0 Å². The zero-order valence-electron chi connectivity index (χ0n) is 13.9. The monoisotopic (exact) mass is 317 g/mol. The Kier molecular flexibility index (Phi) is 4.17. The number of nitrogens with one attached hydrogen (secondary N) is 2. The number of nitriles is 1. The molecule has 2 aliphatic rings. The van der Waals surface area contributed by atoms with Gasteiger partial charge in [0.2, 0.25) is 11.8 Å². The van der Waals surface area contributed by atoms with Gasteiger partial charge in [-0.25, -0.2) is 0 Å². The predicted octanol–water partition coefficient (Wildman–Crippen LogP) is 2.25. The number of anilines is 1. The van der Waals surface area contributed by atoms with Crippen molar-refractivity contribution in [2.75, 3.05) is 18.5 Å². The van der Waals surface area contributed by atoms with Crippen LogP contribution in [0.15, 0.2) is 4.42 Å². The van der Waals surface area contributed by atoms with Gasteiger partial charge >= 0.3 is 0 Å². The van der Waals surface area contributed by atoms with E-state index in [1.165, 1.54) is 12.8 Å². The Morgan fingerprint density at radius 3 is 2.83 bits per heavy atom. The standard InChI is InChI=1S/C17H23N3O3/c1-10-11(2)23-16(13(10)8-18)20-14(21)9-19-17(3)6-7-22-15(17)12-4-5-12/h12,15,19H,4-7,9H2,1-3H3,(H,20,21). The van der Waals surface area contributed by atoms with E-state index in [9.17, 15) is 10.1 Å². The molecule has 2 N–H and O–H groups in total. The number of aryl methyl sites for hydroxylation is 1. The average Bonchev–Trinajstić information content (AvgIpc) is 3.22. The number of nitrogens with zero attached hydrogens (tertiary/aromatic N) is 1. The second-order valence-corrected chi connectivity index (χ2v) is 6.80. The van der Waals surface area contributed by atoms with E-state index >= 15 is 0 Å². The predicted molar refractivity (Wildman–Crippen MR) is 85.0 cm³/mol. The van der Waals surface area contributed by atoms with Crippen LogP contribution in [-0.2, 0) is 9.53 Å². The molecule has 1 saturated heterocycles. The third kappa shape index (κ3) is 3.12. The lowest BCUT2D eigenvalue weighted by molar-refractivity contribution is -0.116. The zero-order valence-corrected chi connectivity index (χ0v) is 13.9. The Morgan fingerprint density at radius 1 is 1.43 bits per heavy atom. The molecule has 1 saturated carbocycles. The molecule has 6 heteroatoms. The average molecular weight is 317 g/mol. The minimum atomic E-state index is -0.210. The fraction of sp³-hybridized carbons (Fsp3) is 0.647. The molecule has 6 nitrogen and oxygen atoms in total. The minimum Gasteiger partial charge on any atom is -0.444 e. The number of ether oxygens (including phenoxy) is 1. The van der Waals surface area contributed by atoms with Gasteiger partial charge in [0.25, 0.3) is 0 Å². The van der Waals surface area contributed by atoms with Gasteiger partial charge in [-0.3, -0.25) is 10.1 Å². The van der Waals surface area contributed by atoms with Gasteiger partial charge in [0.05, 0.1) is 12.6 Å². The van der Waals surface area contributed by atoms with Crippen molar-refractivity contribution < 1.29 is 13.9 Å². The van der Waals surface area contributed by atoms with Crippen molar-refractivity contribution >= 4 is 11.8 Å². The lowest BCUT2D eigenvalue weighted by Crippen LogP contribution is -2.52. The maximum Gasteiger partial charge on any atom is 0.240 e. The molecule has 1 aliphatic heterocycles. The Morgan fingerprint density at radius 2 is 2.17 bits per heavy atom. The Balaban J connectivity index is 1.60. The lowest BCUT2D eigenvalue weighted by Gasteiger charge is -2.31. The van der Waals surface area contributed by atoms with Gasteiger partial charge in [0.1, 0.15) is 17.4 Å². The van der Waals surface area contributed by atoms with Gasteiger partial charge in [-0.1, -0.05) is 0 Å². The number of carbonyl (C=O) groups excluding carboxylic acids is 1. The van der Waals surface area contributed by atoms with E-state index in [1.807, 2.05) is 6.92 Å². The summed E-state index contributed by atoms with van der Waals surface area (Å²) in [4.78, 5) is 12.2. The summed E-state index contributed by atoms with van der Waals surface area (Å²) in [5.74, 6) is 1.30. The fourth-order valence-electron chi connectivity index (χ4n) is 3.27. The Labute approximate surface area is 136 Å². The molecule has 2 unspecified atom stereocenters. The highest BCUT2D eigenvalue weighted by Gasteiger charge is 2.48. The zero-order chi connectivity index (χ0) is 16.6. The van der Waals surface area contributed by atoms with E-state index in [4.69, 9.17) is 9.15 Å². The second kappa shape index (κ2) is 5.99. The van der Waals surface area contributed by atoms with Gasteiger partial charge in [-0.2, -0.15) is 5.26 Å². The van der Waals surface area contributed by atoms with Crippen LogP contribution in [0.3, 0.4) is 0 Å². The van der Waals surface area contributed by atoms with E-state index in [-0.39, 0.29) is 30.0 Å². The largest absolute Gasteiger partial charge is 0.444 e. The van der Waals surface area contributed by atoms with E-state index in [1.54, 1.807) is 6.92 Å². The highest BCUT2D eigenvalue weighted by atomic mass is 16.5. The highest BCUT2D eigenvalue weighted by molar-refractivity contribution is 5.92. The fourth-order valence-corrected chi connectivity index (χ4v) is 3.27. The molecular formula is C17H23N3O3. The molecule has 0 spiro atoms. The molecule has 2 heterocycles. The van der Waals surface area contributed by atoms with Crippen molar-refractivity contribution in [1.82, 2.24) is 5.32 Å².